The molecule has 10 nitrogen and oxygen atoms in total. The molecule has 0 unspecified atom stereocenters. The summed E-state index contributed by atoms with van der Waals surface area (Å²) in [5.74, 6) is -0.0712. The third kappa shape index (κ3) is 8.58. The van der Waals surface area contributed by atoms with Crippen LogP contribution >= 0.6 is 0 Å². The number of amides is 2. The van der Waals surface area contributed by atoms with Crippen LogP contribution in [0.4, 0.5) is 0 Å². The number of benzene rings is 2. The maximum atomic E-state index is 12.6. The monoisotopic (exact) mass is 479 g/mol. The van der Waals surface area contributed by atoms with Gasteiger partial charge in [0.1, 0.15) is 6.04 Å². The zero-order valence-electron chi connectivity index (χ0n) is 20.2. The van der Waals surface area contributed by atoms with Gasteiger partial charge in [-0.25, -0.2) is 4.68 Å². The highest BCUT2D eigenvalue weighted by Crippen LogP contribution is 2.13. The van der Waals surface area contributed by atoms with E-state index < -0.39 is 11.6 Å². The van der Waals surface area contributed by atoms with E-state index in [0.29, 0.717) is 19.0 Å². The average molecular weight is 480 g/mol. The Morgan fingerprint density at radius 2 is 1.71 bits per heavy atom. The fraction of sp³-hybridized carbons (Fsp3) is 0.400. The molecule has 186 valence electrons. The lowest BCUT2D eigenvalue weighted by Crippen LogP contribution is -2.51. The van der Waals surface area contributed by atoms with Crippen molar-refractivity contribution in [3.8, 4) is 0 Å². The number of aryl methyl sites for hydroxylation is 1. The molecule has 1 heterocycles. The van der Waals surface area contributed by atoms with E-state index in [9.17, 15) is 9.59 Å². The minimum atomic E-state index is -1.09. The highest BCUT2D eigenvalue weighted by Gasteiger charge is 2.28. The molecule has 0 spiro atoms. The van der Waals surface area contributed by atoms with Gasteiger partial charge in [0.15, 0.2) is 5.82 Å². The number of carbonyl (C=O) groups is 2. The summed E-state index contributed by atoms with van der Waals surface area (Å²) in [6.07, 6.45) is 0.950. The van der Waals surface area contributed by atoms with Crippen molar-refractivity contribution in [2.24, 2.45) is 5.73 Å². The number of carbonyl (C=O) groups excluding carboxylic acids is 2. The molecule has 0 radical (unpaired) electrons. The molecule has 4 N–H and O–H groups in total. The van der Waals surface area contributed by atoms with Crippen molar-refractivity contribution in [2.75, 3.05) is 13.2 Å². The van der Waals surface area contributed by atoms with Crippen LogP contribution in [-0.2, 0) is 33.9 Å². The van der Waals surface area contributed by atoms with Gasteiger partial charge >= 0.3 is 0 Å². The summed E-state index contributed by atoms with van der Waals surface area (Å²) in [7, 11) is 0. The Morgan fingerprint density at radius 1 is 1.06 bits per heavy atom. The first-order valence-electron chi connectivity index (χ1n) is 11.6. The molecule has 0 bridgehead atoms. The number of tetrazole rings is 1. The smallest absolute Gasteiger partial charge is 0.240 e. The molecule has 0 aliphatic heterocycles. The Hall–Kier alpha value is -3.63. The molecule has 2 amide bonds. The Bertz CT molecular complexity index is 1070. The molecule has 10 heteroatoms. The molecule has 0 aliphatic carbocycles. The zero-order valence-corrected chi connectivity index (χ0v) is 20.2. The van der Waals surface area contributed by atoms with E-state index in [0.717, 1.165) is 17.5 Å². The summed E-state index contributed by atoms with van der Waals surface area (Å²) < 4.78 is 7.36. The van der Waals surface area contributed by atoms with Crippen molar-refractivity contribution >= 4 is 11.8 Å². The minimum absolute atomic E-state index is 0.105. The Labute approximate surface area is 205 Å². The van der Waals surface area contributed by atoms with Crippen LogP contribution in [-0.4, -0.2) is 50.7 Å². The molecule has 0 saturated heterocycles. The van der Waals surface area contributed by atoms with Crippen molar-refractivity contribution in [2.45, 2.75) is 51.4 Å². The van der Waals surface area contributed by atoms with Gasteiger partial charge in [-0.2, -0.15) is 0 Å². The second-order valence-electron chi connectivity index (χ2n) is 8.84. The number of nitrogens with zero attached hydrogens (tertiary/aromatic N) is 4. The second kappa shape index (κ2) is 12.7. The molecule has 3 aromatic rings. The van der Waals surface area contributed by atoms with Gasteiger partial charge in [0.05, 0.1) is 25.3 Å². The van der Waals surface area contributed by atoms with E-state index in [1.807, 2.05) is 60.7 Å². The van der Waals surface area contributed by atoms with Gasteiger partial charge in [-0.05, 0) is 41.8 Å². The maximum Gasteiger partial charge on any atom is 0.240 e. The summed E-state index contributed by atoms with van der Waals surface area (Å²) in [6.45, 7) is 4.55. The van der Waals surface area contributed by atoms with Crippen molar-refractivity contribution in [3.05, 3.63) is 77.6 Å². The van der Waals surface area contributed by atoms with Crippen LogP contribution in [0, 0.1) is 0 Å². The highest BCUT2D eigenvalue weighted by molar-refractivity contribution is 5.85. The molecular weight excluding hydrogens is 446 g/mol. The molecule has 0 aliphatic rings. The highest BCUT2D eigenvalue weighted by atomic mass is 16.5. The van der Waals surface area contributed by atoms with E-state index >= 15 is 0 Å². The van der Waals surface area contributed by atoms with Crippen molar-refractivity contribution in [3.63, 3.8) is 0 Å². The number of nitrogens with two attached hydrogens (primary N) is 1. The van der Waals surface area contributed by atoms with Crippen molar-refractivity contribution in [1.82, 2.24) is 30.8 Å². The van der Waals surface area contributed by atoms with Gasteiger partial charge in [-0.1, -0.05) is 60.7 Å². The molecule has 35 heavy (non-hydrogen) atoms. The van der Waals surface area contributed by atoms with E-state index in [1.165, 1.54) is 4.68 Å². The van der Waals surface area contributed by atoms with Gasteiger partial charge in [0.2, 0.25) is 11.8 Å². The minimum Gasteiger partial charge on any atom is -0.374 e. The standard InChI is InChI=1S/C25H33N7O3/c1-25(2,26)24(34)28-21(18-35-17-20-11-7-4-8-12-20)23-29-30-31-32(23)16-14-22(33)27-15-13-19-9-5-3-6-10-19/h3-12,21H,13-18,26H2,1-2H3,(H,27,33)(H,28,34)/t21-/m1/s1. The Morgan fingerprint density at radius 3 is 2.37 bits per heavy atom. The number of nitrogens with one attached hydrogen (secondary N) is 2. The predicted octanol–water partition coefficient (Wildman–Crippen LogP) is 1.53. The summed E-state index contributed by atoms with van der Waals surface area (Å²) in [5, 5.41) is 17.6. The summed E-state index contributed by atoms with van der Waals surface area (Å²) in [6, 6.07) is 19.0. The van der Waals surface area contributed by atoms with Crippen LogP contribution in [0.5, 0.6) is 0 Å². The number of ether oxygens (including phenoxy) is 1. The van der Waals surface area contributed by atoms with Gasteiger partial charge in [0.25, 0.3) is 0 Å². The van der Waals surface area contributed by atoms with Crippen molar-refractivity contribution < 1.29 is 14.3 Å². The van der Waals surface area contributed by atoms with Gasteiger partial charge in [0, 0.05) is 13.0 Å². The number of hydrogen-bond donors (Lipinski definition) is 3. The quantitative estimate of drug-likeness (QED) is 0.338. The maximum absolute atomic E-state index is 12.6. The molecule has 0 saturated carbocycles. The van der Waals surface area contributed by atoms with Crippen LogP contribution in [0.2, 0.25) is 0 Å². The fourth-order valence-electron chi connectivity index (χ4n) is 3.30. The lowest BCUT2D eigenvalue weighted by Gasteiger charge is -2.23. The SMILES string of the molecule is CC(C)(N)C(=O)N[C@H](COCc1ccccc1)c1nnnn1CCC(=O)NCCc1ccccc1. The molecular formula is C25H33N7O3. The third-order valence-electron chi connectivity index (χ3n) is 5.29. The summed E-state index contributed by atoms with van der Waals surface area (Å²) in [5.41, 5.74) is 7.04. The lowest BCUT2D eigenvalue weighted by molar-refractivity contribution is -0.126. The predicted molar refractivity (Wildman–Crippen MR) is 131 cm³/mol. The third-order valence-corrected chi connectivity index (χ3v) is 5.29. The van der Waals surface area contributed by atoms with Crippen LogP contribution < -0.4 is 16.4 Å². The van der Waals surface area contributed by atoms with E-state index in [1.54, 1.807) is 13.8 Å². The first kappa shape index (κ1) is 26.0. The van der Waals surface area contributed by atoms with Crippen LogP contribution in [0.25, 0.3) is 0 Å². The lowest BCUT2D eigenvalue weighted by atomic mass is 10.1. The van der Waals surface area contributed by atoms with E-state index in [4.69, 9.17) is 10.5 Å². The zero-order chi connectivity index (χ0) is 25.1. The normalized spacial score (nSPS) is 12.2. The number of rotatable bonds is 13. The molecule has 1 aromatic heterocycles. The number of aromatic nitrogens is 4. The first-order chi connectivity index (χ1) is 16.8. The van der Waals surface area contributed by atoms with Crippen molar-refractivity contribution in [1.29, 1.82) is 0 Å². The fourth-order valence-corrected chi connectivity index (χ4v) is 3.30. The Balaban J connectivity index is 1.57. The first-order valence-corrected chi connectivity index (χ1v) is 11.6. The largest absolute Gasteiger partial charge is 0.374 e. The topological polar surface area (TPSA) is 137 Å². The molecule has 3 rings (SSSR count). The molecule has 1 atom stereocenters. The van der Waals surface area contributed by atoms with Crippen LogP contribution in [0.15, 0.2) is 60.7 Å². The van der Waals surface area contributed by atoms with Gasteiger partial charge in [-0.3, -0.25) is 9.59 Å². The van der Waals surface area contributed by atoms with Crippen LogP contribution in [0.3, 0.4) is 0 Å². The number of hydrogen-bond acceptors (Lipinski definition) is 7. The van der Waals surface area contributed by atoms with E-state index in [2.05, 4.69) is 26.2 Å². The molecule has 2 aromatic carbocycles. The van der Waals surface area contributed by atoms with E-state index in [-0.39, 0.29) is 31.4 Å². The average Bonchev–Trinajstić information content (AvgIpc) is 3.31. The summed E-state index contributed by atoms with van der Waals surface area (Å²) >= 11 is 0. The summed E-state index contributed by atoms with van der Waals surface area (Å²) in [4.78, 5) is 24.9. The molecule has 0 fully saturated rings. The second-order valence-corrected chi connectivity index (χ2v) is 8.84. The van der Waals surface area contributed by atoms with Gasteiger partial charge in [-0.15, -0.1) is 5.10 Å². The van der Waals surface area contributed by atoms with Crippen LogP contribution in [0.1, 0.15) is 43.3 Å². The Kier molecular flexibility index (Phi) is 9.45. The van der Waals surface area contributed by atoms with Gasteiger partial charge < -0.3 is 21.1 Å².